The molecule has 2 aromatic carbocycles. The number of carboxylic acids is 1. The van der Waals surface area contributed by atoms with E-state index in [2.05, 4.69) is 10.9 Å². The van der Waals surface area contributed by atoms with E-state index in [1.54, 1.807) is 30.3 Å². The van der Waals surface area contributed by atoms with Crippen molar-refractivity contribution in [2.45, 2.75) is 12.5 Å². The average Bonchev–Trinajstić information content (AvgIpc) is 2.52. The summed E-state index contributed by atoms with van der Waals surface area (Å²) in [6.07, 6.45) is 0.283. The lowest BCUT2D eigenvalue weighted by molar-refractivity contribution is -0.139. The van der Waals surface area contributed by atoms with Gasteiger partial charge in [-0.25, -0.2) is 5.43 Å². The molecule has 0 aliphatic heterocycles. The number of aliphatic carboxylic acids is 1. The van der Waals surface area contributed by atoms with Crippen LogP contribution in [0, 0.1) is 0 Å². The highest BCUT2D eigenvalue weighted by Gasteiger charge is 2.18. The van der Waals surface area contributed by atoms with Gasteiger partial charge in [0, 0.05) is 12.0 Å². The van der Waals surface area contributed by atoms with E-state index >= 15 is 0 Å². The summed E-state index contributed by atoms with van der Waals surface area (Å²) in [5, 5.41) is 9.20. The number of hydrogen-bond acceptors (Lipinski definition) is 3. The van der Waals surface area contributed by atoms with Gasteiger partial charge < -0.3 is 5.11 Å². The molecule has 0 aromatic heterocycles. The van der Waals surface area contributed by atoms with Gasteiger partial charge in [0.1, 0.15) is 6.04 Å². The van der Waals surface area contributed by atoms with E-state index in [9.17, 15) is 14.7 Å². The molecule has 5 nitrogen and oxygen atoms in total. The van der Waals surface area contributed by atoms with Crippen LogP contribution in [0.25, 0.3) is 0 Å². The van der Waals surface area contributed by atoms with Gasteiger partial charge in [-0.05, 0) is 17.7 Å². The van der Waals surface area contributed by atoms with Crippen LogP contribution in [0.4, 0.5) is 0 Å². The molecule has 2 rings (SSSR count). The van der Waals surface area contributed by atoms with Crippen LogP contribution in [0.2, 0.25) is 0 Å². The Kier molecular flexibility index (Phi) is 5.06. The monoisotopic (exact) mass is 284 g/mol. The lowest BCUT2D eigenvalue weighted by atomic mass is 10.1. The lowest BCUT2D eigenvalue weighted by Crippen LogP contribution is -2.49. The zero-order valence-electron chi connectivity index (χ0n) is 11.3. The topological polar surface area (TPSA) is 78.4 Å². The Balaban J connectivity index is 1.95. The Labute approximate surface area is 122 Å². The predicted octanol–water partition coefficient (Wildman–Crippen LogP) is 1.62. The number of hydrogen-bond donors (Lipinski definition) is 3. The third-order valence-corrected chi connectivity index (χ3v) is 2.98. The van der Waals surface area contributed by atoms with E-state index in [1.165, 1.54) is 0 Å². The van der Waals surface area contributed by atoms with Crippen LogP contribution in [-0.4, -0.2) is 23.0 Å². The van der Waals surface area contributed by atoms with Gasteiger partial charge in [0.05, 0.1) is 0 Å². The smallest absolute Gasteiger partial charge is 0.322 e. The number of nitrogens with one attached hydrogen (secondary N) is 2. The lowest BCUT2D eigenvalue weighted by Gasteiger charge is -2.15. The minimum atomic E-state index is -1.02. The van der Waals surface area contributed by atoms with Crippen LogP contribution in [-0.2, 0) is 11.2 Å². The van der Waals surface area contributed by atoms with Crippen LogP contribution in [0.3, 0.4) is 0 Å². The molecule has 0 spiro atoms. The van der Waals surface area contributed by atoms with Crippen LogP contribution in [0.5, 0.6) is 0 Å². The standard InChI is InChI=1S/C16H16N2O3/c19-15(13-9-5-2-6-10-13)18-17-14(16(20)21)11-12-7-3-1-4-8-12/h1-10,14,17H,11H2,(H,18,19)(H,20,21)/t14-/m0/s1. The van der Waals surface area contributed by atoms with Gasteiger partial charge >= 0.3 is 5.97 Å². The molecule has 0 aliphatic rings. The van der Waals surface area contributed by atoms with Gasteiger partial charge in [0.15, 0.2) is 0 Å². The molecule has 0 saturated carbocycles. The second kappa shape index (κ2) is 7.21. The summed E-state index contributed by atoms with van der Waals surface area (Å²) >= 11 is 0. The summed E-state index contributed by atoms with van der Waals surface area (Å²) in [4.78, 5) is 23.1. The van der Waals surface area contributed by atoms with E-state index in [0.717, 1.165) is 5.56 Å². The highest BCUT2D eigenvalue weighted by molar-refractivity contribution is 5.94. The molecule has 0 saturated heterocycles. The van der Waals surface area contributed by atoms with Crippen molar-refractivity contribution >= 4 is 11.9 Å². The van der Waals surface area contributed by atoms with Crippen molar-refractivity contribution in [1.29, 1.82) is 0 Å². The summed E-state index contributed by atoms with van der Waals surface area (Å²) in [7, 11) is 0. The average molecular weight is 284 g/mol. The molecule has 21 heavy (non-hydrogen) atoms. The van der Waals surface area contributed by atoms with Crippen molar-refractivity contribution < 1.29 is 14.7 Å². The second-order valence-electron chi connectivity index (χ2n) is 4.55. The van der Waals surface area contributed by atoms with Crippen molar-refractivity contribution in [3.8, 4) is 0 Å². The van der Waals surface area contributed by atoms with Crippen LogP contribution < -0.4 is 10.9 Å². The normalized spacial score (nSPS) is 11.6. The summed E-state index contributed by atoms with van der Waals surface area (Å²) in [5.41, 5.74) is 6.35. The molecule has 0 aliphatic carbocycles. The molecule has 0 unspecified atom stereocenters. The first-order valence-corrected chi connectivity index (χ1v) is 6.54. The molecule has 5 heteroatoms. The van der Waals surface area contributed by atoms with Gasteiger partial charge in [0.25, 0.3) is 5.91 Å². The Bertz CT molecular complexity index is 599. The molecule has 0 fully saturated rings. The van der Waals surface area contributed by atoms with E-state index in [1.807, 2.05) is 30.3 Å². The fourth-order valence-electron chi connectivity index (χ4n) is 1.86. The number of carbonyl (C=O) groups excluding carboxylic acids is 1. The van der Waals surface area contributed by atoms with Gasteiger partial charge in [-0.1, -0.05) is 48.5 Å². The van der Waals surface area contributed by atoms with Crippen molar-refractivity contribution in [2.75, 3.05) is 0 Å². The predicted molar refractivity (Wildman–Crippen MR) is 78.6 cm³/mol. The minimum Gasteiger partial charge on any atom is -0.480 e. The molecule has 1 atom stereocenters. The number of amides is 1. The maximum Gasteiger partial charge on any atom is 0.322 e. The SMILES string of the molecule is O=C(NN[C@@H](Cc1ccccc1)C(=O)O)c1ccccc1. The Morgan fingerprint density at radius 2 is 1.52 bits per heavy atom. The summed E-state index contributed by atoms with van der Waals surface area (Å²) < 4.78 is 0. The zero-order chi connectivity index (χ0) is 15.1. The molecule has 3 N–H and O–H groups in total. The van der Waals surface area contributed by atoms with Crippen molar-refractivity contribution in [1.82, 2.24) is 10.9 Å². The molecule has 0 radical (unpaired) electrons. The third kappa shape index (κ3) is 4.43. The van der Waals surface area contributed by atoms with Gasteiger partial charge in [-0.3, -0.25) is 15.0 Å². The molecule has 108 valence electrons. The number of hydrazine groups is 1. The van der Waals surface area contributed by atoms with E-state index in [0.29, 0.717) is 5.56 Å². The van der Waals surface area contributed by atoms with Crippen LogP contribution >= 0.6 is 0 Å². The summed E-state index contributed by atoms with van der Waals surface area (Å²) in [6, 6.07) is 17.0. The first-order chi connectivity index (χ1) is 10.2. The van der Waals surface area contributed by atoms with Gasteiger partial charge in [-0.2, -0.15) is 0 Å². The Morgan fingerprint density at radius 3 is 2.10 bits per heavy atom. The Hall–Kier alpha value is -2.66. The fraction of sp³-hybridized carbons (Fsp3) is 0.125. The highest BCUT2D eigenvalue weighted by Crippen LogP contribution is 2.03. The maximum absolute atomic E-state index is 11.9. The van der Waals surface area contributed by atoms with Crippen LogP contribution in [0.15, 0.2) is 60.7 Å². The highest BCUT2D eigenvalue weighted by atomic mass is 16.4. The summed E-state index contributed by atoms with van der Waals surface area (Å²) in [5.74, 6) is -1.39. The van der Waals surface area contributed by atoms with Crippen LogP contribution in [0.1, 0.15) is 15.9 Å². The molecule has 2 aromatic rings. The molecule has 0 bridgehead atoms. The summed E-state index contributed by atoms with van der Waals surface area (Å²) in [6.45, 7) is 0. The number of rotatable bonds is 6. The first kappa shape index (κ1) is 14.7. The Morgan fingerprint density at radius 1 is 0.952 bits per heavy atom. The van der Waals surface area contributed by atoms with E-state index < -0.39 is 12.0 Å². The third-order valence-electron chi connectivity index (χ3n) is 2.98. The molecule has 0 heterocycles. The fourth-order valence-corrected chi connectivity index (χ4v) is 1.86. The zero-order valence-corrected chi connectivity index (χ0v) is 11.3. The van der Waals surface area contributed by atoms with Crippen molar-refractivity contribution in [2.24, 2.45) is 0 Å². The minimum absolute atomic E-state index is 0.283. The molecular formula is C16H16N2O3. The van der Waals surface area contributed by atoms with Gasteiger partial charge in [-0.15, -0.1) is 0 Å². The van der Waals surface area contributed by atoms with Crippen molar-refractivity contribution in [3.63, 3.8) is 0 Å². The molecule has 1 amide bonds. The van der Waals surface area contributed by atoms with Crippen molar-refractivity contribution in [3.05, 3.63) is 71.8 Å². The quantitative estimate of drug-likeness (QED) is 0.704. The number of carboxylic acid groups (broad SMARTS) is 1. The second-order valence-corrected chi connectivity index (χ2v) is 4.55. The van der Waals surface area contributed by atoms with E-state index in [4.69, 9.17) is 0 Å². The largest absolute Gasteiger partial charge is 0.480 e. The first-order valence-electron chi connectivity index (χ1n) is 6.54. The maximum atomic E-state index is 11.9. The van der Waals surface area contributed by atoms with Gasteiger partial charge in [0.2, 0.25) is 0 Å². The number of benzene rings is 2. The molecular weight excluding hydrogens is 268 g/mol. The van der Waals surface area contributed by atoms with E-state index in [-0.39, 0.29) is 12.3 Å². The number of carbonyl (C=O) groups is 2.